The van der Waals surface area contributed by atoms with Crippen LogP contribution in [0, 0.1) is 5.82 Å². The first-order valence-electron chi connectivity index (χ1n) is 17.4. The maximum Gasteiger partial charge on any atom is 0.437 e. The fraction of sp³-hybridized carbons (Fsp3) is 0.385. The molecule has 5 aromatic rings. The summed E-state index contributed by atoms with van der Waals surface area (Å²) in [7, 11) is 0. The molecule has 0 bridgehead atoms. The van der Waals surface area contributed by atoms with Gasteiger partial charge in [0.1, 0.15) is 23.1 Å². The Balaban J connectivity index is 1.53. The average Bonchev–Trinajstić information content (AvgIpc) is 3.60. The van der Waals surface area contributed by atoms with E-state index in [4.69, 9.17) is 31.5 Å². The summed E-state index contributed by atoms with van der Waals surface area (Å²) in [6.07, 6.45) is -0.0896. The van der Waals surface area contributed by atoms with Gasteiger partial charge in [-0.15, -0.1) is 4.99 Å². The number of piperidine rings is 1. The summed E-state index contributed by atoms with van der Waals surface area (Å²) in [5, 5.41) is 1.27. The molecule has 2 N–H and O–H groups in total. The van der Waals surface area contributed by atoms with Crippen LogP contribution in [0.25, 0.3) is 21.9 Å². The van der Waals surface area contributed by atoms with Gasteiger partial charge in [-0.05, 0) is 102 Å². The Morgan fingerprint density at radius 3 is 2.38 bits per heavy atom. The number of amides is 1. The minimum atomic E-state index is -0.854. The molecule has 0 aliphatic carbocycles. The second-order valence-electron chi connectivity index (χ2n) is 15.2. The van der Waals surface area contributed by atoms with Crippen molar-refractivity contribution in [2.24, 2.45) is 4.99 Å². The van der Waals surface area contributed by atoms with Crippen molar-refractivity contribution in [2.75, 3.05) is 23.7 Å². The van der Waals surface area contributed by atoms with E-state index in [2.05, 4.69) is 4.99 Å². The number of halogens is 2. The minimum Gasteiger partial charge on any atom is -0.458 e. The Morgan fingerprint density at radius 1 is 0.943 bits per heavy atom. The Kier molecular flexibility index (Phi) is 10.1. The Labute approximate surface area is 311 Å². The topological polar surface area (TPSA) is 135 Å². The number of imidazole rings is 1. The van der Waals surface area contributed by atoms with Crippen LogP contribution < -0.4 is 16.3 Å². The third-order valence-corrected chi connectivity index (χ3v) is 9.01. The Hall–Kier alpha value is -5.30. The predicted octanol–water partition coefficient (Wildman–Crippen LogP) is 7.82. The van der Waals surface area contributed by atoms with Crippen LogP contribution in [0.5, 0.6) is 0 Å². The zero-order valence-corrected chi connectivity index (χ0v) is 31.6. The molecule has 1 amide bonds. The van der Waals surface area contributed by atoms with Gasteiger partial charge in [-0.2, -0.15) is 0 Å². The highest BCUT2D eigenvalue weighted by molar-refractivity contribution is 6.31. The van der Waals surface area contributed by atoms with Crippen LogP contribution in [0.3, 0.4) is 0 Å². The summed E-state index contributed by atoms with van der Waals surface area (Å²) in [5.74, 6) is -1.01. The Morgan fingerprint density at radius 2 is 1.68 bits per heavy atom. The summed E-state index contributed by atoms with van der Waals surface area (Å²) in [6.45, 7) is 12.8. The molecular formula is C39H44ClFN6O6. The first kappa shape index (κ1) is 37.5. The second-order valence-corrected chi connectivity index (χ2v) is 15.6. The number of aromatic nitrogens is 3. The number of ether oxygens (including phenoxy) is 3. The highest BCUT2D eigenvalue weighted by Gasteiger charge is 2.36. The van der Waals surface area contributed by atoms with E-state index in [1.165, 1.54) is 23.6 Å². The monoisotopic (exact) mass is 746 g/mol. The molecule has 280 valence electrons. The largest absolute Gasteiger partial charge is 0.458 e. The van der Waals surface area contributed by atoms with Crippen LogP contribution in [-0.2, 0) is 25.5 Å². The fourth-order valence-electron chi connectivity index (χ4n) is 6.77. The van der Waals surface area contributed by atoms with Gasteiger partial charge in [0.05, 0.1) is 47.1 Å². The van der Waals surface area contributed by atoms with E-state index in [0.29, 0.717) is 45.9 Å². The van der Waals surface area contributed by atoms with Crippen LogP contribution in [-0.4, -0.2) is 62.3 Å². The lowest BCUT2D eigenvalue weighted by Gasteiger charge is -2.40. The Bertz CT molecular complexity index is 2300. The molecule has 0 spiro atoms. The molecular weight excluding hydrogens is 703 g/mol. The molecule has 14 heteroatoms. The van der Waals surface area contributed by atoms with Crippen LogP contribution in [0.15, 0.2) is 71.9 Å². The van der Waals surface area contributed by atoms with Crippen molar-refractivity contribution in [3.05, 3.63) is 88.9 Å². The molecule has 1 fully saturated rings. The molecule has 0 unspecified atom stereocenters. The fourth-order valence-corrected chi connectivity index (χ4v) is 6.94. The highest BCUT2D eigenvalue weighted by Crippen LogP contribution is 2.35. The normalized spacial score (nSPS) is 17.0. The van der Waals surface area contributed by atoms with E-state index >= 15 is 4.39 Å². The van der Waals surface area contributed by atoms with E-state index in [-0.39, 0.29) is 18.7 Å². The molecule has 12 nitrogen and oxygen atoms in total. The lowest BCUT2D eigenvalue weighted by atomic mass is 10.00. The van der Waals surface area contributed by atoms with E-state index in [1.807, 2.05) is 33.7 Å². The molecule has 1 aliphatic rings. The van der Waals surface area contributed by atoms with Crippen molar-refractivity contribution in [3.63, 3.8) is 0 Å². The van der Waals surface area contributed by atoms with E-state index in [9.17, 15) is 14.4 Å². The molecule has 3 aromatic carbocycles. The number of nitrogen functional groups attached to an aromatic ring is 1. The van der Waals surface area contributed by atoms with E-state index in [1.54, 1.807) is 76.6 Å². The van der Waals surface area contributed by atoms with E-state index in [0.717, 1.165) is 10.9 Å². The van der Waals surface area contributed by atoms with Gasteiger partial charge in [0.15, 0.2) is 0 Å². The maximum atomic E-state index is 15.2. The van der Waals surface area contributed by atoms with Gasteiger partial charge in [0, 0.05) is 30.1 Å². The van der Waals surface area contributed by atoms with Crippen molar-refractivity contribution < 1.29 is 33.0 Å². The predicted molar refractivity (Wildman–Crippen MR) is 202 cm³/mol. The molecule has 2 atom stereocenters. The van der Waals surface area contributed by atoms with Crippen LogP contribution in [0.4, 0.5) is 25.4 Å². The highest BCUT2D eigenvalue weighted by atomic mass is 35.5. The summed E-state index contributed by atoms with van der Waals surface area (Å²) < 4.78 is 37.5. The molecule has 3 heterocycles. The summed E-state index contributed by atoms with van der Waals surface area (Å²) in [4.78, 5) is 45.7. The van der Waals surface area contributed by atoms with Gasteiger partial charge in [-0.1, -0.05) is 23.7 Å². The molecule has 0 radical (unpaired) electrons. The smallest absolute Gasteiger partial charge is 0.437 e. The van der Waals surface area contributed by atoms with Gasteiger partial charge in [-0.3, -0.25) is 9.36 Å². The number of carbonyl (C=O) groups excluding carboxylic acids is 3. The maximum absolute atomic E-state index is 15.2. The number of fused-ring (bicyclic) bond motifs is 2. The van der Waals surface area contributed by atoms with Crippen LogP contribution in [0.2, 0.25) is 5.02 Å². The number of carbonyl (C=O) groups is 3. The number of anilines is 2. The number of nitrogens with two attached hydrogens (primary N) is 1. The summed E-state index contributed by atoms with van der Waals surface area (Å²) in [6, 6.07) is 16.3. The first-order valence-corrected chi connectivity index (χ1v) is 17.7. The number of hydrogen-bond donors (Lipinski definition) is 1. The van der Waals surface area contributed by atoms with Gasteiger partial charge < -0.3 is 34.0 Å². The quantitative estimate of drug-likeness (QED) is 0.109. The van der Waals surface area contributed by atoms with Crippen molar-refractivity contribution in [1.82, 2.24) is 13.7 Å². The van der Waals surface area contributed by atoms with Crippen molar-refractivity contribution >= 4 is 63.1 Å². The standard InChI is InChI=1S/C39H44ClFN6O6/c1-23(48)51-34-22-44(32-19-25(40)11-13-28(32)42)17-16-31(34)47-33-20-26(41)12-14-30(33)46(35(47)43-36(49)52-38(2,3)4)21-24-9-8-10-29-27(24)15-18-45(29)37(50)53-39(5,6)7/h8-15,18-20,31,34H,16-17,21-22,42H2,1-7H3/t31-,34-/m1/s1. The van der Waals surface area contributed by atoms with Gasteiger partial charge in [0.2, 0.25) is 5.62 Å². The van der Waals surface area contributed by atoms with Crippen molar-refractivity contribution in [1.29, 1.82) is 0 Å². The van der Waals surface area contributed by atoms with Gasteiger partial charge in [0.25, 0.3) is 0 Å². The van der Waals surface area contributed by atoms with Gasteiger partial charge >= 0.3 is 18.2 Å². The molecule has 6 rings (SSSR count). The van der Waals surface area contributed by atoms with Crippen molar-refractivity contribution in [2.45, 2.75) is 84.8 Å². The molecule has 0 saturated carbocycles. The summed E-state index contributed by atoms with van der Waals surface area (Å²) in [5.41, 5.74) is 8.58. The summed E-state index contributed by atoms with van der Waals surface area (Å²) >= 11 is 6.33. The lowest BCUT2D eigenvalue weighted by Crippen LogP contribution is -2.49. The number of benzene rings is 3. The molecule has 1 aliphatic heterocycles. The zero-order valence-electron chi connectivity index (χ0n) is 30.9. The first-order chi connectivity index (χ1) is 24.9. The number of esters is 1. The number of rotatable bonds is 5. The SMILES string of the molecule is CC(=O)O[C@@H]1CN(c2cc(Cl)ccc2N)CC[C@H]1n1c(=NC(=O)OC(C)(C)C)n(Cc2cccc3c2ccn3C(=O)OC(C)(C)C)c2ccc(F)cc21. The zero-order chi connectivity index (χ0) is 38.4. The van der Waals surface area contributed by atoms with Crippen molar-refractivity contribution in [3.8, 4) is 0 Å². The second kappa shape index (κ2) is 14.3. The van der Waals surface area contributed by atoms with Crippen LogP contribution >= 0.6 is 11.6 Å². The molecule has 1 saturated heterocycles. The van der Waals surface area contributed by atoms with Gasteiger partial charge in [-0.25, -0.2) is 14.0 Å². The van der Waals surface area contributed by atoms with Crippen LogP contribution in [0.1, 0.15) is 66.5 Å². The molecule has 2 aromatic heterocycles. The van der Waals surface area contributed by atoms with E-state index < -0.39 is 47.3 Å². The minimum absolute atomic E-state index is 0.168. The average molecular weight is 747 g/mol. The number of hydrogen-bond acceptors (Lipinski definition) is 8. The number of nitrogens with zero attached hydrogens (tertiary/aromatic N) is 5. The molecule has 53 heavy (non-hydrogen) atoms. The third kappa shape index (κ3) is 8.20. The lowest BCUT2D eigenvalue weighted by molar-refractivity contribution is -0.148. The third-order valence-electron chi connectivity index (χ3n) is 8.78.